The van der Waals surface area contributed by atoms with Gasteiger partial charge in [0.2, 0.25) is 5.95 Å². The molecule has 0 saturated heterocycles. The van der Waals surface area contributed by atoms with Crippen LogP contribution < -0.4 is 5.32 Å². The Bertz CT molecular complexity index is 526. The van der Waals surface area contributed by atoms with Gasteiger partial charge in [-0.1, -0.05) is 0 Å². The number of hydrogen-bond donors (Lipinski definition) is 3. The Morgan fingerprint density at radius 1 is 1.62 bits per heavy atom. The summed E-state index contributed by atoms with van der Waals surface area (Å²) >= 11 is 1.44. The van der Waals surface area contributed by atoms with Gasteiger partial charge in [0.15, 0.2) is 5.65 Å². The number of imidazole rings is 1. The van der Waals surface area contributed by atoms with Crippen LogP contribution in [0.15, 0.2) is 11.4 Å². The molecule has 2 heterocycles. The highest BCUT2D eigenvalue weighted by molar-refractivity contribution is 7.98. The SMILES string of the molecule is CSc1nc(NCC(=O)O)nc2nc[nH]c12. The van der Waals surface area contributed by atoms with Crippen LogP contribution in [0.2, 0.25) is 0 Å². The van der Waals surface area contributed by atoms with Crippen molar-refractivity contribution in [2.75, 3.05) is 18.1 Å². The van der Waals surface area contributed by atoms with Crippen LogP contribution in [-0.2, 0) is 4.79 Å². The van der Waals surface area contributed by atoms with Crippen molar-refractivity contribution in [3.8, 4) is 0 Å². The van der Waals surface area contributed by atoms with E-state index in [2.05, 4.69) is 25.3 Å². The van der Waals surface area contributed by atoms with Gasteiger partial charge in [-0.3, -0.25) is 4.79 Å². The minimum atomic E-state index is -0.962. The maximum absolute atomic E-state index is 10.4. The zero-order chi connectivity index (χ0) is 11.5. The van der Waals surface area contributed by atoms with E-state index in [-0.39, 0.29) is 12.5 Å². The summed E-state index contributed by atoms with van der Waals surface area (Å²) in [6.45, 7) is -0.219. The smallest absolute Gasteiger partial charge is 0.322 e. The molecular formula is C8H9N5O2S. The largest absolute Gasteiger partial charge is 0.480 e. The highest BCUT2D eigenvalue weighted by Gasteiger charge is 2.09. The molecule has 2 aromatic heterocycles. The van der Waals surface area contributed by atoms with E-state index in [9.17, 15) is 4.79 Å². The number of nitrogens with one attached hydrogen (secondary N) is 2. The lowest BCUT2D eigenvalue weighted by Crippen LogP contribution is -2.14. The van der Waals surface area contributed by atoms with Crippen molar-refractivity contribution in [1.29, 1.82) is 0 Å². The molecule has 0 aliphatic carbocycles. The van der Waals surface area contributed by atoms with Gasteiger partial charge in [0.1, 0.15) is 17.1 Å². The van der Waals surface area contributed by atoms with E-state index >= 15 is 0 Å². The molecule has 2 rings (SSSR count). The number of fused-ring (bicyclic) bond motifs is 1. The van der Waals surface area contributed by atoms with Gasteiger partial charge in [0, 0.05) is 0 Å². The number of aromatic amines is 1. The molecule has 0 bridgehead atoms. The first-order chi connectivity index (χ1) is 7.70. The van der Waals surface area contributed by atoms with E-state index in [0.717, 1.165) is 10.5 Å². The van der Waals surface area contributed by atoms with Gasteiger partial charge < -0.3 is 15.4 Å². The monoisotopic (exact) mass is 239 g/mol. The number of nitrogens with zero attached hydrogens (tertiary/aromatic N) is 3. The second-order valence-corrected chi connectivity index (χ2v) is 3.70. The average molecular weight is 239 g/mol. The molecule has 0 unspecified atom stereocenters. The molecule has 0 amide bonds. The number of carboxylic acid groups (broad SMARTS) is 1. The molecule has 7 nitrogen and oxygen atoms in total. The molecule has 0 fully saturated rings. The van der Waals surface area contributed by atoms with E-state index in [0.29, 0.717) is 5.65 Å². The molecule has 3 N–H and O–H groups in total. The Morgan fingerprint density at radius 2 is 2.44 bits per heavy atom. The third-order valence-corrected chi connectivity index (χ3v) is 2.53. The van der Waals surface area contributed by atoms with E-state index in [1.54, 1.807) is 0 Å². The van der Waals surface area contributed by atoms with Gasteiger partial charge in [-0.2, -0.15) is 4.98 Å². The third-order valence-electron chi connectivity index (χ3n) is 1.84. The Kier molecular flexibility index (Phi) is 2.91. The fraction of sp³-hybridized carbons (Fsp3) is 0.250. The van der Waals surface area contributed by atoms with Crippen molar-refractivity contribution in [2.45, 2.75) is 5.03 Å². The number of aromatic nitrogens is 4. The average Bonchev–Trinajstić information content (AvgIpc) is 2.73. The lowest BCUT2D eigenvalue weighted by molar-refractivity contribution is -0.134. The van der Waals surface area contributed by atoms with E-state index in [4.69, 9.17) is 5.11 Å². The molecule has 16 heavy (non-hydrogen) atoms. The summed E-state index contributed by atoms with van der Waals surface area (Å²) in [7, 11) is 0. The standard InChI is InChI=1S/C8H9N5O2S/c1-16-7-5-6(11-3-10-5)12-8(13-7)9-2-4(14)15/h3H,2H2,1H3,(H,14,15)(H2,9,10,11,12,13). The first kappa shape index (κ1) is 10.7. The van der Waals surface area contributed by atoms with Crippen molar-refractivity contribution >= 4 is 34.8 Å². The van der Waals surface area contributed by atoms with Crippen molar-refractivity contribution in [1.82, 2.24) is 19.9 Å². The summed E-state index contributed by atoms with van der Waals surface area (Å²) in [5.74, 6) is -0.692. The van der Waals surface area contributed by atoms with Crippen LogP contribution in [0.5, 0.6) is 0 Å². The van der Waals surface area contributed by atoms with Gasteiger partial charge in [-0.05, 0) is 6.26 Å². The van der Waals surface area contributed by atoms with Crippen LogP contribution >= 0.6 is 11.8 Å². The van der Waals surface area contributed by atoms with Crippen molar-refractivity contribution < 1.29 is 9.90 Å². The quantitative estimate of drug-likeness (QED) is 0.529. The molecular weight excluding hydrogens is 230 g/mol. The van der Waals surface area contributed by atoms with Gasteiger partial charge in [0.25, 0.3) is 0 Å². The molecule has 0 radical (unpaired) electrons. The number of hydrogen-bond acceptors (Lipinski definition) is 6. The zero-order valence-electron chi connectivity index (χ0n) is 8.39. The predicted molar refractivity (Wildman–Crippen MR) is 59.6 cm³/mol. The molecule has 0 aliphatic heterocycles. The maximum Gasteiger partial charge on any atom is 0.322 e. The van der Waals surface area contributed by atoms with Crippen molar-refractivity contribution in [3.05, 3.63) is 6.33 Å². The Morgan fingerprint density at radius 3 is 3.12 bits per heavy atom. The first-order valence-corrected chi connectivity index (χ1v) is 5.64. The zero-order valence-corrected chi connectivity index (χ0v) is 9.21. The molecule has 0 saturated carbocycles. The van der Waals surface area contributed by atoms with Crippen LogP contribution in [0.4, 0.5) is 5.95 Å². The fourth-order valence-electron chi connectivity index (χ4n) is 1.19. The van der Waals surface area contributed by atoms with E-state index in [1.165, 1.54) is 18.1 Å². The summed E-state index contributed by atoms with van der Waals surface area (Å²) in [5.41, 5.74) is 1.28. The molecule has 8 heteroatoms. The van der Waals surface area contributed by atoms with Crippen molar-refractivity contribution in [3.63, 3.8) is 0 Å². The van der Waals surface area contributed by atoms with Gasteiger partial charge in [0.05, 0.1) is 6.33 Å². The number of aliphatic carboxylic acids is 1. The summed E-state index contributed by atoms with van der Waals surface area (Å²) in [5, 5.41) is 11.9. The normalized spacial score (nSPS) is 10.6. The lowest BCUT2D eigenvalue weighted by Gasteiger charge is -2.03. The van der Waals surface area contributed by atoms with E-state index in [1.807, 2.05) is 6.26 Å². The van der Waals surface area contributed by atoms with Crippen molar-refractivity contribution in [2.24, 2.45) is 0 Å². The Hall–Kier alpha value is -1.83. The molecule has 0 spiro atoms. The number of anilines is 1. The second-order valence-electron chi connectivity index (χ2n) is 2.90. The number of carboxylic acids is 1. The topological polar surface area (TPSA) is 104 Å². The second kappa shape index (κ2) is 4.35. The van der Waals surface area contributed by atoms with Crippen LogP contribution in [0.25, 0.3) is 11.2 Å². The third kappa shape index (κ3) is 2.06. The highest BCUT2D eigenvalue weighted by atomic mass is 32.2. The lowest BCUT2D eigenvalue weighted by atomic mass is 10.5. The van der Waals surface area contributed by atoms with E-state index < -0.39 is 5.97 Å². The van der Waals surface area contributed by atoms with Crippen LogP contribution in [0.1, 0.15) is 0 Å². The minimum absolute atomic E-state index is 0.219. The minimum Gasteiger partial charge on any atom is -0.480 e. The number of thioether (sulfide) groups is 1. The predicted octanol–water partition coefficient (Wildman–Crippen LogP) is 0.571. The van der Waals surface area contributed by atoms with Gasteiger partial charge >= 0.3 is 5.97 Å². The molecule has 0 atom stereocenters. The number of carbonyl (C=O) groups is 1. The fourth-order valence-corrected chi connectivity index (χ4v) is 1.72. The summed E-state index contributed by atoms with van der Waals surface area (Å²) in [6, 6.07) is 0. The number of rotatable bonds is 4. The maximum atomic E-state index is 10.4. The van der Waals surface area contributed by atoms with Crippen LogP contribution in [0.3, 0.4) is 0 Å². The Labute approximate surface area is 94.7 Å². The summed E-state index contributed by atoms with van der Waals surface area (Å²) in [4.78, 5) is 25.6. The summed E-state index contributed by atoms with van der Waals surface area (Å²) in [6.07, 6.45) is 3.41. The highest BCUT2D eigenvalue weighted by Crippen LogP contribution is 2.21. The van der Waals surface area contributed by atoms with Gasteiger partial charge in [-0.15, -0.1) is 11.8 Å². The van der Waals surface area contributed by atoms with Crippen LogP contribution in [-0.4, -0.2) is 43.8 Å². The Balaban J connectivity index is 2.35. The number of H-pyrrole nitrogens is 1. The molecule has 0 aromatic carbocycles. The first-order valence-electron chi connectivity index (χ1n) is 4.41. The van der Waals surface area contributed by atoms with Crippen LogP contribution in [0, 0.1) is 0 Å². The molecule has 84 valence electrons. The summed E-state index contributed by atoms with van der Waals surface area (Å²) < 4.78 is 0. The molecule has 2 aromatic rings. The van der Waals surface area contributed by atoms with Gasteiger partial charge in [-0.25, -0.2) is 9.97 Å². The molecule has 0 aliphatic rings.